The molecule has 0 amide bonds. The van der Waals surface area contributed by atoms with Crippen LogP contribution in [0.1, 0.15) is 16.7 Å². The summed E-state index contributed by atoms with van der Waals surface area (Å²) in [6, 6.07) is 1.68. The van der Waals surface area contributed by atoms with Crippen LogP contribution < -0.4 is 5.32 Å². The molecule has 0 aliphatic rings. The van der Waals surface area contributed by atoms with Crippen molar-refractivity contribution < 1.29 is 0 Å². The maximum Gasteiger partial charge on any atom is 0.139 e. The molecule has 0 radical (unpaired) electrons. The number of aromatic nitrogens is 1. The van der Waals surface area contributed by atoms with Crippen LogP contribution in [0.2, 0.25) is 0 Å². The fourth-order valence-corrected chi connectivity index (χ4v) is 1.67. The van der Waals surface area contributed by atoms with Crippen LogP contribution in [0.4, 0.5) is 0 Å². The average Bonchev–Trinajstić information content (AvgIpc) is 2.65. The zero-order valence-corrected chi connectivity index (χ0v) is 9.03. The molecule has 1 aromatic heterocycles. The van der Waals surface area contributed by atoms with Crippen LogP contribution in [-0.4, -0.2) is 18.1 Å². The molecule has 15 heavy (non-hydrogen) atoms. The van der Waals surface area contributed by atoms with Crippen molar-refractivity contribution in [1.82, 2.24) is 10.3 Å². The second-order valence-electron chi connectivity index (χ2n) is 2.76. The summed E-state index contributed by atoms with van der Waals surface area (Å²) >= 11 is 1.51. The lowest BCUT2D eigenvalue weighted by Gasteiger charge is -2.06. The van der Waals surface area contributed by atoms with Crippen LogP contribution in [-0.2, 0) is 0 Å². The Morgan fingerprint density at radius 2 is 2.67 bits per heavy atom. The van der Waals surface area contributed by atoms with Crippen LogP contribution in [0.25, 0.3) is 10.4 Å². The number of nitrogens with zero attached hydrogens (tertiary/aromatic N) is 5. The molecule has 1 rings (SSSR count). The van der Waals surface area contributed by atoms with Gasteiger partial charge in [-0.1, -0.05) is 5.11 Å². The van der Waals surface area contributed by atoms with Crippen LogP contribution >= 0.6 is 11.3 Å². The van der Waals surface area contributed by atoms with Gasteiger partial charge < -0.3 is 0 Å². The zero-order valence-electron chi connectivity index (χ0n) is 8.21. The summed E-state index contributed by atoms with van der Waals surface area (Å²) < 4.78 is 0. The third-order valence-electron chi connectivity index (χ3n) is 1.69. The standard InChI is InChI=1S/C8H10N6S/c1-6-13-8(5-15-6)7(4-9)11-2-3-12-14-10/h5,7,11H,2-3H2,1H3. The van der Waals surface area contributed by atoms with Gasteiger partial charge in [0.15, 0.2) is 0 Å². The first kappa shape index (κ1) is 11.5. The number of azide groups is 1. The highest BCUT2D eigenvalue weighted by molar-refractivity contribution is 7.09. The van der Waals surface area contributed by atoms with E-state index in [0.717, 1.165) is 10.7 Å². The summed E-state index contributed by atoms with van der Waals surface area (Å²) in [5.41, 5.74) is 8.79. The SMILES string of the molecule is Cc1nc(C(C#N)NCCN=[N+]=[N-])cs1. The maximum atomic E-state index is 8.89. The topological polar surface area (TPSA) is 97.5 Å². The van der Waals surface area contributed by atoms with Crippen molar-refractivity contribution in [3.8, 4) is 6.07 Å². The summed E-state index contributed by atoms with van der Waals surface area (Å²) in [7, 11) is 0. The molecule has 0 saturated carbocycles. The van der Waals surface area contributed by atoms with E-state index in [-0.39, 0.29) is 0 Å². The molecule has 1 atom stereocenters. The van der Waals surface area contributed by atoms with Gasteiger partial charge in [0.05, 0.1) is 16.8 Å². The number of thiazole rings is 1. The number of hydrogen-bond donors (Lipinski definition) is 1. The molecule has 1 unspecified atom stereocenters. The van der Waals surface area contributed by atoms with Gasteiger partial charge in [0, 0.05) is 23.4 Å². The lowest BCUT2D eigenvalue weighted by Crippen LogP contribution is -2.23. The van der Waals surface area contributed by atoms with E-state index in [4.69, 9.17) is 10.8 Å². The predicted octanol–water partition coefficient (Wildman–Crippen LogP) is 1.92. The van der Waals surface area contributed by atoms with Gasteiger partial charge in [0.2, 0.25) is 0 Å². The number of nitrogens with one attached hydrogen (secondary N) is 1. The first-order chi connectivity index (χ1) is 7.27. The summed E-state index contributed by atoms with van der Waals surface area (Å²) in [4.78, 5) is 6.83. The molecule has 0 aliphatic heterocycles. The van der Waals surface area contributed by atoms with E-state index in [1.165, 1.54) is 11.3 Å². The molecule has 78 valence electrons. The Bertz CT molecular complexity index is 400. The van der Waals surface area contributed by atoms with E-state index in [1.54, 1.807) is 0 Å². The summed E-state index contributed by atoms with van der Waals surface area (Å²) in [6.45, 7) is 2.69. The van der Waals surface area contributed by atoms with E-state index >= 15 is 0 Å². The molecule has 0 aromatic carbocycles. The number of hydrogen-bond acceptors (Lipinski definition) is 5. The molecule has 1 aromatic rings. The molecular formula is C8H10N6S. The fraction of sp³-hybridized carbons (Fsp3) is 0.500. The molecule has 0 aliphatic carbocycles. The molecule has 0 bridgehead atoms. The molecule has 0 saturated heterocycles. The second-order valence-corrected chi connectivity index (χ2v) is 3.82. The van der Waals surface area contributed by atoms with Gasteiger partial charge in [0.25, 0.3) is 0 Å². The van der Waals surface area contributed by atoms with Gasteiger partial charge >= 0.3 is 0 Å². The summed E-state index contributed by atoms with van der Waals surface area (Å²) in [5, 5.41) is 18.0. The highest BCUT2D eigenvalue weighted by Gasteiger charge is 2.11. The van der Waals surface area contributed by atoms with Crippen LogP contribution in [0, 0.1) is 18.3 Å². The van der Waals surface area contributed by atoms with Crippen molar-refractivity contribution in [2.24, 2.45) is 5.11 Å². The minimum atomic E-state index is -0.427. The maximum absolute atomic E-state index is 8.89. The Labute approximate surface area is 91.2 Å². The largest absolute Gasteiger partial charge is 0.297 e. The molecular weight excluding hydrogens is 212 g/mol. The molecule has 7 heteroatoms. The molecule has 1 heterocycles. The molecule has 0 spiro atoms. The first-order valence-electron chi connectivity index (χ1n) is 4.34. The van der Waals surface area contributed by atoms with E-state index in [1.807, 2.05) is 12.3 Å². The number of rotatable bonds is 5. The van der Waals surface area contributed by atoms with Crippen LogP contribution in [0.15, 0.2) is 10.5 Å². The zero-order chi connectivity index (χ0) is 11.1. The highest BCUT2D eigenvalue weighted by Crippen LogP contribution is 2.15. The van der Waals surface area contributed by atoms with Crippen molar-refractivity contribution in [2.45, 2.75) is 13.0 Å². The Hall–Kier alpha value is -1.61. The molecule has 1 N–H and O–H groups in total. The Balaban J connectivity index is 2.50. The predicted molar refractivity (Wildman–Crippen MR) is 57.2 cm³/mol. The lowest BCUT2D eigenvalue weighted by molar-refractivity contribution is 0.624. The van der Waals surface area contributed by atoms with E-state index in [2.05, 4.69) is 26.4 Å². The number of aryl methyl sites for hydroxylation is 1. The summed E-state index contributed by atoms with van der Waals surface area (Å²) in [5.74, 6) is 0. The summed E-state index contributed by atoms with van der Waals surface area (Å²) in [6.07, 6.45) is 0. The first-order valence-corrected chi connectivity index (χ1v) is 5.21. The highest BCUT2D eigenvalue weighted by atomic mass is 32.1. The fourth-order valence-electron chi connectivity index (χ4n) is 1.03. The van der Waals surface area contributed by atoms with Crippen LogP contribution in [0.3, 0.4) is 0 Å². The van der Waals surface area contributed by atoms with E-state index in [0.29, 0.717) is 13.1 Å². The Kier molecular flexibility index (Phi) is 4.57. The monoisotopic (exact) mass is 222 g/mol. The quantitative estimate of drug-likeness (QED) is 0.356. The lowest BCUT2D eigenvalue weighted by atomic mass is 10.2. The molecule has 0 fully saturated rings. The number of nitriles is 1. The Morgan fingerprint density at radius 3 is 3.20 bits per heavy atom. The van der Waals surface area contributed by atoms with Crippen LogP contribution in [0.5, 0.6) is 0 Å². The van der Waals surface area contributed by atoms with Gasteiger partial charge in [-0.05, 0) is 12.5 Å². The van der Waals surface area contributed by atoms with Gasteiger partial charge in [-0.25, -0.2) is 4.98 Å². The van der Waals surface area contributed by atoms with Crippen molar-refractivity contribution >= 4 is 11.3 Å². The molecule has 6 nitrogen and oxygen atoms in total. The van der Waals surface area contributed by atoms with E-state index < -0.39 is 6.04 Å². The van der Waals surface area contributed by atoms with Gasteiger partial charge in [0.1, 0.15) is 6.04 Å². The smallest absolute Gasteiger partial charge is 0.139 e. The minimum Gasteiger partial charge on any atom is -0.297 e. The van der Waals surface area contributed by atoms with Crippen molar-refractivity contribution in [2.75, 3.05) is 13.1 Å². The minimum absolute atomic E-state index is 0.331. The van der Waals surface area contributed by atoms with Gasteiger partial charge in [-0.2, -0.15) is 5.26 Å². The normalized spacial score (nSPS) is 11.5. The van der Waals surface area contributed by atoms with Crippen molar-refractivity contribution in [3.63, 3.8) is 0 Å². The van der Waals surface area contributed by atoms with Crippen molar-refractivity contribution in [3.05, 3.63) is 26.5 Å². The Morgan fingerprint density at radius 1 is 1.87 bits per heavy atom. The van der Waals surface area contributed by atoms with Gasteiger partial charge in [-0.3, -0.25) is 5.32 Å². The second kappa shape index (κ2) is 5.98. The van der Waals surface area contributed by atoms with Gasteiger partial charge in [-0.15, -0.1) is 11.3 Å². The average molecular weight is 222 g/mol. The third kappa shape index (κ3) is 3.56. The van der Waals surface area contributed by atoms with E-state index in [9.17, 15) is 0 Å². The third-order valence-corrected chi connectivity index (χ3v) is 2.48. The van der Waals surface area contributed by atoms with Crippen molar-refractivity contribution in [1.29, 1.82) is 5.26 Å².